The van der Waals surface area contributed by atoms with Crippen molar-refractivity contribution in [3.05, 3.63) is 21.9 Å². The summed E-state index contributed by atoms with van der Waals surface area (Å²) < 4.78 is 0. The Balaban J connectivity index is 1.87. The smallest absolute Gasteiger partial charge is 0.264 e. The third-order valence-corrected chi connectivity index (χ3v) is 5.43. The van der Waals surface area contributed by atoms with Crippen LogP contribution in [0.25, 0.3) is 0 Å². The van der Waals surface area contributed by atoms with E-state index in [1.807, 2.05) is 37.8 Å². The van der Waals surface area contributed by atoms with Crippen molar-refractivity contribution in [3.8, 4) is 0 Å². The minimum Gasteiger partial charge on any atom is -0.389 e. The molecule has 118 valence electrons. The SMILES string of the molecule is CCC(O)(CC)CN1CCN(C(=O)c2ccc(C)s2)CC1. The number of carbonyl (C=O) groups is 1. The zero-order valence-electron chi connectivity index (χ0n) is 13.3. The van der Waals surface area contributed by atoms with Crippen molar-refractivity contribution in [1.29, 1.82) is 0 Å². The zero-order chi connectivity index (χ0) is 15.5. The minimum absolute atomic E-state index is 0.147. The summed E-state index contributed by atoms with van der Waals surface area (Å²) in [6.07, 6.45) is 1.55. The predicted molar refractivity (Wildman–Crippen MR) is 86.9 cm³/mol. The van der Waals surface area contributed by atoms with Crippen LogP contribution >= 0.6 is 11.3 Å². The van der Waals surface area contributed by atoms with Gasteiger partial charge in [0, 0.05) is 37.6 Å². The van der Waals surface area contributed by atoms with E-state index >= 15 is 0 Å². The molecular formula is C16H26N2O2S. The van der Waals surface area contributed by atoms with Crippen LogP contribution in [0.4, 0.5) is 0 Å². The van der Waals surface area contributed by atoms with Crippen LogP contribution in [0.1, 0.15) is 41.2 Å². The van der Waals surface area contributed by atoms with Gasteiger partial charge in [0.2, 0.25) is 0 Å². The quantitative estimate of drug-likeness (QED) is 0.908. The molecule has 5 heteroatoms. The van der Waals surface area contributed by atoms with Crippen molar-refractivity contribution in [2.45, 2.75) is 39.2 Å². The molecule has 2 heterocycles. The molecule has 1 saturated heterocycles. The van der Waals surface area contributed by atoms with E-state index in [-0.39, 0.29) is 5.91 Å². The lowest BCUT2D eigenvalue weighted by Crippen LogP contribution is -2.52. The fraction of sp³-hybridized carbons (Fsp3) is 0.688. The average Bonchev–Trinajstić information content (AvgIpc) is 2.94. The van der Waals surface area contributed by atoms with Crippen LogP contribution in [0.5, 0.6) is 0 Å². The molecule has 0 bridgehead atoms. The molecule has 4 nitrogen and oxygen atoms in total. The second-order valence-corrected chi connectivity index (χ2v) is 7.20. The molecule has 1 aliphatic rings. The van der Waals surface area contributed by atoms with Crippen molar-refractivity contribution in [1.82, 2.24) is 9.80 Å². The largest absolute Gasteiger partial charge is 0.389 e. The Bertz CT molecular complexity index is 474. The van der Waals surface area contributed by atoms with Crippen LogP contribution in [0.2, 0.25) is 0 Å². The van der Waals surface area contributed by atoms with Crippen LogP contribution < -0.4 is 0 Å². The Morgan fingerprint density at radius 3 is 2.33 bits per heavy atom. The van der Waals surface area contributed by atoms with E-state index < -0.39 is 5.60 Å². The van der Waals surface area contributed by atoms with Crippen molar-refractivity contribution < 1.29 is 9.90 Å². The molecule has 0 saturated carbocycles. The number of β-amino-alcohol motifs (C(OH)–C–C–N with tert-alkyl or cyclic N) is 1. The van der Waals surface area contributed by atoms with E-state index in [9.17, 15) is 9.90 Å². The van der Waals surface area contributed by atoms with E-state index in [0.29, 0.717) is 6.54 Å². The van der Waals surface area contributed by atoms with Crippen molar-refractivity contribution in [2.75, 3.05) is 32.7 Å². The van der Waals surface area contributed by atoms with Gasteiger partial charge in [0.05, 0.1) is 10.5 Å². The highest BCUT2D eigenvalue weighted by Gasteiger charge is 2.29. The van der Waals surface area contributed by atoms with E-state index in [2.05, 4.69) is 4.90 Å². The van der Waals surface area contributed by atoms with E-state index in [1.54, 1.807) is 11.3 Å². The topological polar surface area (TPSA) is 43.8 Å². The van der Waals surface area contributed by atoms with Gasteiger partial charge in [-0.15, -0.1) is 11.3 Å². The fourth-order valence-electron chi connectivity index (χ4n) is 2.70. The summed E-state index contributed by atoms with van der Waals surface area (Å²) in [5, 5.41) is 10.4. The Labute approximate surface area is 131 Å². The summed E-state index contributed by atoms with van der Waals surface area (Å²) in [6.45, 7) is 9.98. The van der Waals surface area contributed by atoms with E-state index in [0.717, 1.165) is 43.9 Å². The molecule has 1 aromatic rings. The van der Waals surface area contributed by atoms with E-state index in [4.69, 9.17) is 0 Å². The summed E-state index contributed by atoms with van der Waals surface area (Å²) in [5.74, 6) is 0.147. The fourth-order valence-corrected chi connectivity index (χ4v) is 3.54. The number of hydrogen-bond acceptors (Lipinski definition) is 4. The molecular weight excluding hydrogens is 284 g/mol. The molecule has 1 aromatic heterocycles. The minimum atomic E-state index is -0.586. The Morgan fingerprint density at radius 2 is 1.86 bits per heavy atom. The van der Waals surface area contributed by atoms with Crippen LogP contribution in [0.15, 0.2) is 12.1 Å². The number of rotatable bonds is 5. The monoisotopic (exact) mass is 310 g/mol. The highest BCUT2D eigenvalue weighted by atomic mass is 32.1. The highest BCUT2D eigenvalue weighted by molar-refractivity contribution is 7.13. The molecule has 21 heavy (non-hydrogen) atoms. The van der Waals surface area contributed by atoms with Gasteiger partial charge in [-0.3, -0.25) is 9.69 Å². The maximum absolute atomic E-state index is 12.4. The lowest BCUT2D eigenvalue weighted by Gasteiger charge is -2.38. The number of aliphatic hydroxyl groups is 1. The maximum Gasteiger partial charge on any atom is 0.264 e. The number of thiophene rings is 1. The summed E-state index contributed by atoms with van der Waals surface area (Å²) in [7, 11) is 0. The van der Waals surface area contributed by atoms with Crippen molar-refractivity contribution >= 4 is 17.2 Å². The number of amides is 1. The highest BCUT2D eigenvalue weighted by Crippen LogP contribution is 2.20. The van der Waals surface area contributed by atoms with Gasteiger partial charge in [0.1, 0.15) is 0 Å². The Morgan fingerprint density at radius 1 is 1.24 bits per heavy atom. The first kappa shape index (κ1) is 16.5. The third-order valence-electron chi connectivity index (χ3n) is 4.44. The first-order chi connectivity index (χ1) is 9.97. The molecule has 0 aliphatic carbocycles. The first-order valence-corrected chi connectivity index (χ1v) is 8.59. The van der Waals surface area contributed by atoms with Crippen LogP contribution in [-0.4, -0.2) is 59.1 Å². The standard InChI is InChI=1S/C16H26N2O2S/c1-4-16(20,5-2)12-17-8-10-18(11-9-17)15(19)14-7-6-13(3)21-14/h6-7,20H,4-5,8-12H2,1-3H3. The summed E-state index contributed by atoms with van der Waals surface area (Å²) in [6, 6.07) is 3.92. The molecule has 0 radical (unpaired) electrons. The van der Waals surface area contributed by atoms with Crippen molar-refractivity contribution in [3.63, 3.8) is 0 Å². The van der Waals surface area contributed by atoms with Gasteiger partial charge < -0.3 is 10.0 Å². The molecule has 1 amide bonds. The van der Waals surface area contributed by atoms with Gasteiger partial charge in [-0.25, -0.2) is 0 Å². The molecule has 0 spiro atoms. The Kier molecular flexibility index (Phi) is 5.41. The molecule has 0 atom stereocenters. The summed E-state index contributed by atoms with van der Waals surface area (Å²) >= 11 is 1.56. The molecule has 2 rings (SSSR count). The molecule has 0 unspecified atom stereocenters. The Hall–Kier alpha value is -0.910. The van der Waals surface area contributed by atoms with E-state index in [1.165, 1.54) is 4.88 Å². The number of hydrogen-bond donors (Lipinski definition) is 1. The molecule has 0 aromatic carbocycles. The van der Waals surface area contributed by atoms with Crippen LogP contribution in [0.3, 0.4) is 0 Å². The third kappa shape index (κ3) is 4.05. The van der Waals surface area contributed by atoms with Gasteiger partial charge in [0.15, 0.2) is 0 Å². The van der Waals surface area contributed by atoms with Gasteiger partial charge in [-0.1, -0.05) is 13.8 Å². The average molecular weight is 310 g/mol. The number of nitrogens with zero attached hydrogens (tertiary/aromatic N) is 2. The van der Waals surface area contributed by atoms with Crippen LogP contribution in [-0.2, 0) is 0 Å². The summed E-state index contributed by atoms with van der Waals surface area (Å²) in [5.41, 5.74) is -0.586. The first-order valence-electron chi connectivity index (χ1n) is 7.78. The normalized spacial score (nSPS) is 17.2. The number of piperazine rings is 1. The van der Waals surface area contributed by atoms with Gasteiger partial charge in [-0.05, 0) is 31.9 Å². The second-order valence-electron chi connectivity index (χ2n) is 5.91. The van der Waals surface area contributed by atoms with Gasteiger partial charge in [0.25, 0.3) is 5.91 Å². The maximum atomic E-state index is 12.4. The second kappa shape index (κ2) is 6.90. The number of aryl methyl sites for hydroxylation is 1. The zero-order valence-corrected chi connectivity index (χ0v) is 14.1. The molecule has 1 aliphatic heterocycles. The molecule has 1 N–H and O–H groups in total. The van der Waals surface area contributed by atoms with Crippen LogP contribution in [0, 0.1) is 6.92 Å². The van der Waals surface area contributed by atoms with Gasteiger partial charge in [-0.2, -0.15) is 0 Å². The number of carbonyl (C=O) groups excluding carboxylic acids is 1. The summed E-state index contributed by atoms with van der Waals surface area (Å²) in [4.78, 5) is 18.6. The lowest BCUT2D eigenvalue weighted by molar-refractivity contribution is -0.0139. The van der Waals surface area contributed by atoms with Crippen molar-refractivity contribution in [2.24, 2.45) is 0 Å². The lowest BCUT2D eigenvalue weighted by atomic mass is 9.96. The molecule has 1 fully saturated rings. The predicted octanol–water partition coefficient (Wildman–Crippen LogP) is 2.37. The van der Waals surface area contributed by atoms with Gasteiger partial charge >= 0.3 is 0 Å².